The fourth-order valence-electron chi connectivity index (χ4n) is 2.81. The topological polar surface area (TPSA) is 24.5 Å². The van der Waals surface area contributed by atoms with Gasteiger partial charge < -0.3 is 15.0 Å². The molecule has 0 aromatic heterocycles. The Morgan fingerprint density at radius 1 is 1.28 bits per heavy atom. The average molecular weight is 256 g/mol. The lowest BCUT2D eigenvalue weighted by Crippen LogP contribution is -2.39. The number of nitrogens with zero attached hydrogens (tertiary/aromatic N) is 1. The van der Waals surface area contributed by atoms with E-state index in [0.29, 0.717) is 0 Å². The Bertz CT molecular complexity index is 199. The first kappa shape index (κ1) is 15.9. The second-order valence-corrected chi connectivity index (χ2v) is 5.71. The van der Waals surface area contributed by atoms with Crippen molar-refractivity contribution >= 4 is 0 Å². The van der Waals surface area contributed by atoms with Gasteiger partial charge in [-0.2, -0.15) is 0 Å². The van der Waals surface area contributed by atoms with Gasteiger partial charge in [-0.25, -0.2) is 0 Å². The van der Waals surface area contributed by atoms with E-state index in [-0.39, 0.29) is 0 Å². The monoisotopic (exact) mass is 256 g/mol. The van der Waals surface area contributed by atoms with Crippen LogP contribution in [0.15, 0.2) is 0 Å². The molecule has 2 unspecified atom stereocenters. The van der Waals surface area contributed by atoms with Crippen molar-refractivity contribution in [1.29, 1.82) is 0 Å². The van der Waals surface area contributed by atoms with Crippen LogP contribution in [0.1, 0.15) is 46.0 Å². The van der Waals surface area contributed by atoms with E-state index in [1.807, 2.05) is 6.92 Å². The quantitative estimate of drug-likeness (QED) is 0.642. The molecule has 1 aliphatic rings. The molecular weight excluding hydrogens is 224 g/mol. The molecule has 108 valence electrons. The molecule has 18 heavy (non-hydrogen) atoms. The van der Waals surface area contributed by atoms with Gasteiger partial charge in [-0.05, 0) is 45.7 Å². The van der Waals surface area contributed by atoms with Crippen LogP contribution in [0.4, 0.5) is 0 Å². The molecule has 1 fully saturated rings. The van der Waals surface area contributed by atoms with Crippen molar-refractivity contribution < 1.29 is 4.74 Å². The lowest BCUT2D eigenvalue weighted by Gasteiger charge is -2.34. The molecule has 0 heterocycles. The van der Waals surface area contributed by atoms with Crippen LogP contribution in [0.5, 0.6) is 0 Å². The van der Waals surface area contributed by atoms with Gasteiger partial charge in [0.25, 0.3) is 0 Å². The van der Waals surface area contributed by atoms with Crippen molar-refractivity contribution in [1.82, 2.24) is 10.2 Å². The smallest absolute Gasteiger partial charge is 0.0477 e. The first-order valence-electron chi connectivity index (χ1n) is 7.72. The van der Waals surface area contributed by atoms with E-state index < -0.39 is 0 Å². The first-order valence-corrected chi connectivity index (χ1v) is 7.72. The maximum atomic E-state index is 5.32. The summed E-state index contributed by atoms with van der Waals surface area (Å²) in [6, 6.07) is 0.818. The van der Waals surface area contributed by atoms with Gasteiger partial charge in [0.1, 0.15) is 0 Å². The molecule has 0 aliphatic heterocycles. The molecular formula is C15H32N2O. The second-order valence-electron chi connectivity index (χ2n) is 5.71. The molecule has 0 radical (unpaired) electrons. The Morgan fingerprint density at radius 2 is 2.11 bits per heavy atom. The van der Waals surface area contributed by atoms with Gasteiger partial charge in [0, 0.05) is 32.3 Å². The fraction of sp³-hybridized carbons (Fsp3) is 1.00. The van der Waals surface area contributed by atoms with Gasteiger partial charge in [0.15, 0.2) is 0 Å². The van der Waals surface area contributed by atoms with Crippen molar-refractivity contribution in [2.75, 3.05) is 39.9 Å². The van der Waals surface area contributed by atoms with E-state index in [1.54, 1.807) is 0 Å². The van der Waals surface area contributed by atoms with Gasteiger partial charge >= 0.3 is 0 Å². The van der Waals surface area contributed by atoms with Crippen LogP contribution in [0.3, 0.4) is 0 Å². The summed E-state index contributed by atoms with van der Waals surface area (Å²) < 4.78 is 5.32. The second kappa shape index (κ2) is 9.76. The van der Waals surface area contributed by atoms with Crippen molar-refractivity contribution in [3.63, 3.8) is 0 Å². The highest BCUT2D eigenvalue weighted by Gasteiger charge is 2.21. The minimum Gasteiger partial charge on any atom is -0.382 e. The van der Waals surface area contributed by atoms with Crippen LogP contribution in [-0.4, -0.2) is 50.8 Å². The van der Waals surface area contributed by atoms with Crippen molar-refractivity contribution in [3.05, 3.63) is 0 Å². The van der Waals surface area contributed by atoms with Gasteiger partial charge in [0.05, 0.1) is 0 Å². The molecule has 1 saturated carbocycles. The predicted molar refractivity (Wildman–Crippen MR) is 78.0 cm³/mol. The molecule has 0 spiro atoms. The van der Waals surface area contributed by atoms with Crippen LogP contribution in [0, 0.1) is 5.92 Å². The van der Waals surface area contributed by atoms with E-state index in [0.717, 1.165) is 44.7 Å². The molecule has 3 nitrogen and oxygen atoms in total. The summed E-state index contributed by atoms with van der Waals surface area (Å²) in [5.74, 6) is 0.922. The van der Waals surface area contributed by atoms with Crippen LogP contribution < -0.4 is 5.32 Å². The van der Waals surface area contributed by atoms with Crippen molar-refractivity contribution in [3.8, 4) is 0 Å². The molecule has 0 saturated heterocycles. The minimum absolute atomic E-state index is 0.818. The normalized spacial score (nSPS) is 24.7. The van der Waals surface area contributed by atoms with Crippen molar-refractivity contribution in [2.24, 2.45) is 5.92 Å². The average Bonchev–Trinajstić information content (AvgIpc) is 2.37. The third-order valence-corrected chi connectivity index (χ3v) is 4.02. The Balaban J connectivity index is 1.97. The zero-order valence-corrected chi connectivity index (χ0v) is 12.6. The SMILES string of the molecule is CCOCCCNCCN(C)C1CCCC(C)C1. The maximum Gasteiger partial charge on any atom is 0.0477 e. The molecule has 0 bridgehead atoms. The van der Waals surface area contributed by atoms with E-state index in [2.05, 4.69) is 24.2 Å². The lowest BCUT2D eigenvalue weighted by molar-refractivity contribution is 0.143. The molecule has 0 amide bonds. The number of ether oxygens (including phenoxy) is 1. The van der Waals surface area contributed by atoms with Crippen molar-refractivity contribution in [2.45, 2.75) is 52.0 Å². The summed E-state index contributed by atoms with van der Waals surface area (Å²) in [4.78, 5) is 2.55. The summed E-state index contributed by atoms with van der Waals surface area (Å²) in [5, 5.41) is 3.50. The fourth-order valence-corrected chi connectivity index (χ4v) is 2.81. The third-order valence-electron chi connectivity index (χ3n) is 4.02. The van der Waals surface area contributed by atoms with E-state index in [4.69, 9.17) is 4.74 Å². The minimum atomic E-state index is 0.818. The Hall–Kier alpha value is -0.120. The van der Waals surface area contributed by atoms with Crippen LogP contribution in [0.2, 0.25) is 0 Å². The van der Waals surface area contributed by atoms with E-state index in [1.165, 1.54) is 32.2 Å². The van der Waals surface area contributed by atoms with Crippen LogP contribution in [-0.2, 0) is 4.74 Å². The molecule has 3 heteroatoms. The molecule has 1 rings (SSSR count). The number of likely N-dealkylation sites (N-methyl/N-ethyl adjacent to an activating group) is 1. The number of rotatable bonds is 9. The molecule has 0 aromatic rings. The lowest BCUT2D eigenvalue weighted by atomic mass is 9.86. The van der Waals surface area contributed by atoms with Gasteiger partial charge in [-0.3, -0.25) is 0 Å². The zero-order valence-electron chi connectivity index (χ0n) is 12.6. The van der Waals surface area contributed by atoms with Gasteiger partial charge in [-0.1, -0.05) is 19.8 Å². The highest BCUT2D eigenvalue weighted by molar-refractivity contribution is 4.77. The number of nitrogens with one attached hydrogen (secondary N) is 1. The largest absolute Gasteiger partial charge is 0.382 e. The highest BCUT2D eigenvalue weighted by atomic mass is 16.5. The molecule has 1 aliphatic carbocycles. The van der Waals surface area contributed by atoms with E-state index in [9.17, 15) is 0 Å². The molecule has 0 aromatic carbocycles. The number of hydrogen-bond acceptors (Lipinski definition) is 3. The molecule has 1 N–H and O–H groups in total. The predicted octanol–water partition coefficient (Wildman–Crippen LogP) is 2.51. The number of hydrogen-bond donors (Lipinski definition) is 1. The summed E-state index contributed by atoms with van der Waals surface area (Å²) in [7, 11) is 2.28. The summed E-state index contributed by atoms with van der Waals surface area (Å²) >= 11 is 0. The standard InChI is InChI=1S/C15H32N2O/c1-4-18-12-6-9-16-10-11-17(3)15-8-5-7-14(2)13-15/h14-16H,4-13H2,1-3H3. The van der Waals surface area contributed by atoms with E-state index >= 15 is 0 Å². The first-order chi connectivity index (χ1) is 8.74. The maximum absolute atomic E-state index is 5.32. The van der Waals surface area contributed by atoms with Crippen LogP contribution >= 0.6 is 0 Å². The summed E-state index contributed by atoms with van der Waals surface area (Å²) in [6.07, 6.45) is 6.75. The zero-order chi connectivity index (χ0) is 13.2. The van der Waals surface area contributed by atoms with Crippen LogP contribution in [0.25, 0.3) is 0 Å². The third kappa shape index (κ3) is 6.72. The Kier molecular flexibility index (Phi) is 8.64. The Morgan fingerprint density at radius 3 is 2.83 bits per heavy atom. The Labute approximate surface area is 113 Å². The van der Waals surface area contributed by atoms with Gasteiger partial charge in [-0.15, -0.1) is 0 Å². The van der Waals surface area contributed by atoms with Gasteiger partial charge in [0.2, 0.25) is 0 Å². The molecule has 2 atom stereocenters. The summed E-state index contributed by atoms with van der Waals surface area (Å²) in [5.41, 5.74) is 0. The summed E-state index contributed by atoms with van der Waals surface area (Å²) in [6.45, 7) is 9.52. The highest BCUT2D eigenvalue weighted by Crippen LogP contribution is 2.26.